The van der Waals surface area contributed by atoms with Crippen LogP contribution in [0, 0.1) is 0 Å². The van der Waals surface area contributed by atoms with Gasteiger partial charge in [0.1, 0.15) is 0 Å². The minimum absolute atomic E-state index is 0.234. The van der Waals surface area contributed by atoms with Crippen LogP contribution in [0.1, 0.15) is 12.8 Å². The summed E-state index contributed by atoms with van der Waals surface area (Å²) in [5, 5.41) is 0.234. The smallest absolute Gasteiger partial charge is 0.231 e. The molecule has 0 spiro atoms. The summed E-state index contributed by atoms with van der Waals surface area (Å²) in [7, 11) is 5.52. The predicted octanol–water partition coefficient (Wildman–Crippen LogP) is 1.21. The minimum atomic E-state index is 0.234. The van der Waals surface area contributed by atoms with E-state index in [1.807, 2.05) is 19.0 Å². The predicted molar refractivity (Wildman–Crippen MR) is 71.4 cm³/mol. The highest BCUT2D eigenvalue weighted by molar-refractivity contribution is 6.28. The summed E-state index contributed by atoms with van der Waals surface area (Å²) in [4.78, 5) is 16.6. The van der Waals surface area contributed by atoms with Crippen molar-refractivity contribution in [1.82, 2.24) is 15.0 Å². The number of aromatic nitrogens is 3. The van der Waals surface area contributed by atoms with Crippen molar-refractivity contribution < 1.29 is 4.74 Å². The van der Waals surface area contributed by atoms with Crippen molar-refractivity contribution in [3.63, 3.8) is 0 Å². The molecule has 18 heavy (non-hydrogen) atoms. The Morgan fingerprint density at radius 2 is 1.89 bits per heavy atom. The summed E-state index contributed by atoms with van der Waals surface area (Å²) in [6.45, 7) is 1.76. The highest BCUT2D eigenvalue weighted by Crippen LogP contribution is 2.20. The maximum absolute atomic E-state index is 5.93. The number of nitrogens with zero attached hydrogens (tertiary/aromatic N) is 5. The summed E-state index contributed by atoms with van der Waals surface area (Å²) < 4.78 is 5.35. The van der Waals surface area contributed by atoms with E-state index in [0.29, 0.717) is 18.0 Å². The molecule has 0 N–H and O–H groups in total. The van der Waals surface area contributed by atoms with Crippen molar-refractivity contribution in [2.24, 2.45) is 0 Å². The molecule has 2 rings (SSSR count). The van der Waals surface area contributed by atoms with Crippen molar-refractivity contribution >= 4 is 23.5 Å². The average molecular weight is 272 g/mol. The van der Waals surface area contributed by atoms with E-state index in [0.717, 1.165) is 25.9 Å². The highest BCUT2D eigenvalue weighted by Gasteiger charge is 2.21. The van der Waals surface area contributed by atoms with E-state index in [-0.39, 0.29) is 5.28 Å². The molecule has 1 aromatic rings. The van der Waals surface area contributed by atoms with Gasteiger partial charge >= 0.3 is 0 Å². The number of halogens is 1. The van der Waals surface area contributed by atoms with Gasteiger partial charge in [-0.25, -0.2) is 0 Å². The van der Waals surface area contributed by atoms with E-state index in [1.165, 1.54) is 0 Å². The van der Waals surface area contributed by atoms with Crippen LogP contribution in [-0.4, -0.2) is 55.4 Å². The maximum Gasteiger partial charge on any atom is 0.231 e. The molecule has 0 unspecified atom stereocenters. The molecule has 1 saturated heterocycles. The van der Waals surface area contributed by atoms with Crippen molar-refractivity contribution in [2.45, 2.75) is 18.9 Å². The molecule has 2 heterocycles. The van der Waals surface area contributed by atoms with Gasteiger partial charge in [-0.1, -0.05) is 0 Å². The van der Waals surface area contributed by atoms with Gasteiger partial charge in [0.05, 0.1) is 6.10 Å². The zero-order valence-corrected chi connectivity index (χ0v) is 11.7. The quantitative estimate of drug-likeness (QED) is 0.824. The van der Waals surface area contributed by atoms with Gasteiger partial charge in [-0.05, 0) is 24.4 Å². The number of hydrogen-bond donors (Lipinski definition) is 0. The van der Waals surface area contributed by atoms with Crippen molar-refractivity contribution in [3.05, 3.63) is 5.28 Å². The summed E-state index contributed by atoms with van der Waals surface area (Å²) in [5.74, 6) is 1.23. The fraction of sp³-hybridized carbons (Fsp3) is 0.727. The number of hydrogen-bond acceptors (Lipinski definition) is 6. The first-order valence-electron chi connectivity index (χ1n) is 5.97. The van der Waals surface area contributed by atoms with E-state index in [4.69, 9.17) is 16.3 Å². The van der Waals surface area contributed by atoms with Gasteiger partial charge in [0.15, 0.2) is 0 Å². The molecule has 1 aliphatic rings. The Labute approximate surface area is 112 Å². The van der Waals surface area contributed by atoms with Gasteiger partial charge in [-0.15, -0.1) is 0 Å². The van der Waals surface area contributed by atoms with Crippen molar-refractivity contribution in [2.75, 3.05) is 44.1 Å². The second kappa shape index (κ2) is 5.67. The van der Waals surface area contributed by atoms with E-state index in [9.17, 15) is 0 Å². The lowest BCUT2D eigenvalue weighted by molar-refractivity contribution is 0.0816. The zero-order valence-electron chi connectivity index (χ0n) is 10.9. The van der Waals surface area contributed by atoms with Gasteiger partial charge in [0.2, 0.25) is 17.2 Å². The molecule has 1 aliphatic heterocycles. The molecule has 0 amide bonds. The van der Waals surface area contributed by atoms with Crippen LogP contribution < -0.4 is 9.80 Å². The van der Waals surface area contributed by atoms with Crippen molar-refractivity contribution in [1.29, 1.82) is 0 Å². The fourth-order valence-electron chi connectivity index (χ4n) is 1.96. The number of ether oxygens (including phenoxy) is 1. The Bertz CT molecular complexity index is 406. The molecule has 100 valence electrons. The maximum atomic E-state index is 5.93. The third-order valence-electron chi connectivity index (χ3n) is 3.04. The average Bonchev–Trinajstić information content (AvgIpc) is 2.38. The number of piperidine rings is 1. The molecule has 6 nitrogen and oxygen atoms in total. The van der Waals surface area contributed by atoms with E-state index >= 15 is 0 Å². The largest absolute Gasteiger partial charge is 0.381 e. The van der Waals surface area contributed by atoms with E-state index in [1.54, 1.807) is 7.11 Å². The molecule has 7 heteroatoms. The van der Waals surface area contributed by atoms with Crippen LogP contribution in [0.2, 0.25) is 5.28 Å². The lowest BCUT2D eigenvalue weighted by Crippen LogP contribution is -2.38. The summed E-state index contributed by atoms with van der Waals surface area (Å²) in [6.07, 6.45) is 2.31. The molecule has 1 aromatic heterocycles. The molecule has 0 aliphatic carbocycles. The molecular formula is C11H18ClN5O. The SMILES string of the molecule is COC1CCN(c2nc(Cl)nc(N(C)C)n2)CC1. The van der Waals surface area contributed by atoms with Gasteiger partial charge in [0, 0.05) is 34.3 Å². The number of rotatable bonds is 3. The Hall–Kier alpha value is -1.14. The first-order chi connectivity index (χ1) is 8.60. The molecule has 0 atom stereocenters. The molecule has 0 radical (unpaired) electrons. The summed E-state index contributed by atoms with van der Waals surface area (Å²) in [5.41, 5.74) is 0. The topological polar surface area (TPSA) is 54.4 Å². The van der Waals surface area contributed by atoms with Gasteiger partial charge < -0.3 is 14.5 Å². The fourth-order valence-corrected chi connectivity index (χ4v) is 2.11. The Morgan fingerprint density at radius 3 is 2.44 bits per heavy atom. The van der Waals surface area contributed by atoms with Gasteiger partial charge in [-0.3, -0.25) is 0 Å². The molecule has 0 aromatic carbocycles. The normalized spacial score (nSPS) is 17.0. The number of methoxy groups -OCH3 is 1. The summed E-state index contributed by atoms with van der Waals surface area (Å²) in [6, 6.07) is 0. The standard InChI is InChI=1S/C11H18ClN5O/c1-16(2)10-13-9(12)14-11(15-10)17-6-4-8(18-3)5-7-17/h8H,4-7H2,1-3H3. The van der Waals surface area contributed by atoms with Crippen LogP contribution in [0.4, 0.5) is 11.9 Å². The van der Waals surface area contributed by atoms with Gasteiger partial charge in [0.25, 0.3) is 0 Å². The second-order valence-corrected chi connectivity index (χ2v) is 4.86. The molecule has 1 fully saturated rings. The summed E-state index contributed by atoms with van der Waals surface area (Å²) >= 11 is 5.93. The highest BCUT2D eigenvalue weighted by atomic mass is 35.5. The third kappa shape index (κ3) is 3.00. The first-order valence-corrected chi connectivity index (χ1v) is 6.34. The van der Waals surface area contributed by atoms with E-state index in [2.05, 4.69) is 19.9 Å². The monoisotopic (exact) mass is 271 g/mol. The van der Waals surface area contributed by atoms with Gasteiger partial charge in [-0.2, -0.15) is 15.0 Å². The lowest BCUT2D eigenvalue weighted by Gasteiger charge is -2.31. The van der Waals surface area contributed by atoms with Crippen LogP contribution >= 0.6 is 11.6 Å². The van der Waals surface area contributed by atoms with Crippen LogP contribution in [0.5, 0.6) is 0 Å². The molecule has 0 saturated carbocycles. The third-order valence-corrected chi connectivity index (χ3v) is 3.21. The second-order valence-electron chi connectivity index (χ2n) is 4.52. The first kappa shape index (κ1) is 13.3. The van der Waals surface area contributed by atoms with Crippen LogP contribution in [0.3, 0.4) is 0 Å². The van der Waals surface area contributed by atoms with Crippen LogP contribution in [0.25, 0.3) is 0 Å². The molecule has 0 bridgehead atoms. The lowest BCUT2D eigenvalue weighted by atomic mass is 10.1. The zero-order chi connectivity index (χ0) is 13.1. The Balaban J connectivity index is 2.13. The molecular weight excluding hydrogens is 254 g/mol. The van der Waals surface area contributed by atoms with Crippen LogP contribution in [-0.2, 0) is 4.74 Å². The Morgan fingerprint density at radius 1 is 1.22 bits per heavy atom. The number of anilines is 2. The van der Waals surface area contributed by atoms with Crippen LogP contribution in [0.15, 0.2) is 0 Å². The Kier molecular flexibility index (Phi) is 4.19. The minimum Gasteiger partial charge on any atom is -0.381 e. The van der Waals surface area contributed by atoms with E-state index < -0.39 is 0 Å². The van der Waals surface area contributed by atoms with Crippen molar-refractivity contribution in [3.8, 4) is 0 Å².